The quantitative estimate of drug-likeness (QED) is 0.445. The van der Waals surface area contributed by atoms with Gasteiger partial charge in [0.1, 0.15) is 6.10 Å². The van der Waals surface area contributed by atoms with Crippen LogP contribution in [0.3, 0.4) is 0 Å². The summed E-state index contributed by atoms with van der Waals surface area (Å²) in [6, 6.07) is 6.37. The van der Waals surface area contributed by atoms with Crippen LogP contribution in [0, 0.1) is 18.8 Å². The Hall–Kier alpha value is -1.68. The van der Waals surface area contributed by atoms with E-state index in [0.717, 1.165) is 5.56 Å². The van der Waals surface area contributed by atoms with Gasteiger partial charge in [-0.15, -0.1) is 0 Å². The van der Waals surface area contributed by atoms with Crippen LogP contribution in [-0.4, -0.2) is 40.2 Å². The van der Waals surface area contributed by atoms with E-state index < -0.39 is 34.6 Å². The second kappa shape index (κ2) is 10.3. The molecule has 5 nitrogen and oxygen atoms in total. The molecule has 1 aliphatic carbocycles. The smallest absolute Gasteiger partial charge is 0.346 e. The number of benzene rings is 1. The van der Waals surface area contributed by atoms with Gasteiger partial charge in [-0.3, -0.25) is 4.18 Å². The van der Waals surface area contributed by atoms with E-state index in [-0.39, 0.29) is 36.9 Å². The van der Waals surface area contributed by atoms with Crippen molar-refractivity contribution < 1.29 is 35.2 Å². The van der Waals surface area contributed by atoms with E-state index in [9.17, 15) is 21.6 Å². The Kier molecular flexibility index (Phi) is 7.96. The molecule has 0 spiro atoms. The second-order valence-electron chi connectivity index (χ2n) is 7.94. The Labute approximate surface area is 181 Å². The van der Waals surface area contributed by atoms with E-state index in [1.54, 1.807) is 30.4 Å². The van der Waals surface area contributed by atoms with Crippen molar-refractivity contribution in [1.29, 1.82) is 0 Å². The van der Waals surface area contributed by atoms with Crippen LogP contribution in [0.25, 0.3) is 0 Å². The van der Waals surface area contributed by atoms with E-state index in [2.05, 4.69) is 0 Å². The number of hydrogen-bond donors (Lipinski definition) is 0. The molecule has 1 aromatic carbocycles. The van der Waals surface area contributed by atoms with E-state index in [0.29, 0.717) is 12.8 Å². The van der Waals surface area contributed by atoms with Gasteiger partial charge in [0.15, 0.2) is 6.29 Å². The summed E-state index contributed by atoms with van der Waals surface area (Å²) in [5, 5.41) is 0. The molecule has 31 heavy (non-hydrogen) atoms. The Morgan fingerprint density at radius 2 is 1.55 bits per heavy atom. The molecule has 0 bridgehead atoms. The molecule has 9 heteroatoms. The molecule has 2 fully saturated rings. The summed E-state index contributed by atoms with van der Waals surface area (Å²) in [4.78, 5) is 0.0783. The van der Waals surface area contributed by atoms with Gasteiger partial charge in [0.05, 0.1) is 24.0 Å². The van der Waals surface area contributed by atoms with E-state index in [1.807, 2.05) is 13.0 Å². The first-order valence-corrected chi connectivity index (χ1v) is 11.7. The molecule has 0 radical (unpaired) electrons. The molecular formula is C22H27F3O5S. The van der Waals surface area contributed by atoms with Crippen LogP contribution in [0.2, 0.25) is 0 Å². The first kappa shape index (κ1) is 24.0. The molecule has 1 aliphatic heterocycles. The molecule has 1 saturated heterocycles. The van der Waals surface area contributed by atoms with E-state index in [1.165, 1.54) is 12.1 Å². The average Bonchev–Trinajstić information content (AvgIpc) is 2.72. The number of aryl methyl sites for hydroxylation is 1. The first-order chi connectivity index (χ1) is 14.6. The highest BCUT2D eigenvalue weighted by Gasteiger charge is 2.40. The van der Waals surface area contributed by atoms with Crippen LogP contribution >= 0.6 is 0 Å². The predicted octanol–water partition coefficient (Wildman–Crippen LogP) is 4.92. The van der Waals surface area contributed by atoms with Crippen LogP contribution in [0.15, 0.2) is 53.5 Å². The van der Waals surface area contributed by atoms with Crippen molar-refractivity contribution >= 4 is 10.1 Å². The summed E-state index contributed by atoms with van der Waals surface area (Å²) in [7, 11) is -3.90. The minimum atomic E-state index is -4.09. The lowest BCUT2D eigenvalue weighted by atomic mass is 9.81. The summed E-state index contributed by atoms with van der Waals surface area (Å²) in [5.41, 5.74) is 0.945. The van der Waals surface area contributed by atoms with Crippen molar-refractivity contribution in [2.24, 2.45) is 11.8 Å². The Balaban J connectivity index is 1.39. The molecule has 0 unspecified atom stereocenters. The fourth-order valence-electron chi connectivity index (χ4n) is 3.62. The van der Waals surface area contributed by atoms with E-state index >= 15 is 0 Å². The minimum absolute atomic E-state index is 0.0608. The molecule has 0 atom stereocenters. The highest BCUT2D eigenvalue weighted by atomic mass is 32.2. The molecule has 1 heterocycles. The molecule has 1 saturated carbocycles. The van der Waals surface area contributed by atoms with Gasteiger partial charge in [-0.1, -0.05) is 35.9 Å². The third-order valence-corrected chi connectivity index (χ3v) is 6.84. The topological polar surface area (TPSA) is 61.8 Å². The number of ether oxygens (including phenoxy) is 2. The van der Waals surface area contributed by atoms with E-state index in [4.69, 9.17) is 13.7 Å². The standard InChI is InChI=1S/C22H27F3O5S/c1-16-6-12-20(13-7-16)31(26,27)30-19-14-28-21(29-15-19)5-3-2-4-17-8-10-18(11-9-17)22(23,24)25/h2-7,12-13,17-19,21H,8-11,14-15H2,1H3. The zero-order valence-electron chi connectivity index (χ0n) is 17.3. The molecule has 1 aromatic rings. The summed E-state index contributed by atoms with van der Waals surface area (Å²) in [5.74, 6) is -1.04. The number of halogens is 3. The summed E-state index contributed by atoms with van der Waals surface area (Å²) in [6.45, 7) is 1.98. The highest BCUT2D eigenvalue weighted by Crippen LogP contribution is 2.39. The summed E-state index contributed by atoms with van der Waals surface area (Å²) < 4.78 is 78.9. The molecule has 0 aromatic heterocycles. The Morgan fingerprint density at radius 3 is 2.13 bits per heavy atom. The molecule has 3 rings (SSSR count). The Morgan fingerprint density at radius 1 is 0.968 bits per heavy atom. The van der Waals surface area contributed by atoms with Crippen molar-refractivity contribution in [2.45, 2.75) is 56.1 Å². The maximum Gasteiger partial charge on any atom is 0.391 e. The van der Waals surface area contributed by atoms with Gasteiger partial charge in [-0.05, 0) is 56.7 Å². The molecule has 2 aliphatic rings. The molecule has 0 amide bonds. The monoisotopic (exact) mass is 460 g/mol. The van der Waals surface area contributed by atoms with Crippen molar-refractivity contribution in [3.05, 3.63) is 54.1 Å². The summed E-state index contributed by atoms with van der Waals surface area (Å²) in [6.07, 6.45) is 3.02. The van der Waals surface area contributed by atoms with Crippen LogP contribution < -0.4 is 0 Å². The Bertz CT molecular complexity index is 861. The third-order valence-electron chi connectivity index (χ3n) is 5.46. The number of allylic oxidation sites excluding steroid dienone is 3. The van der Waals surface area contributed by atoms with Gasteiger partial charge in [-0.25, -0.2) is 0 Å². The molecule has 172 valence electrons. The van der Waals surface area contributed by atoms with Gasteiger partial charge >= 0.3 is 6.18 Å². The summed E-state index contributed by atoms with van der Waals surface area (Å²) >= 11 is 0. The maximum absolute atomic E-state index is 12.7. The first-order valence-electron chi connectivity index (χ1n) is 10.3. The lowest BCUT2D eigenvalue weighted by molar-refractivity contribution is -0.186. The predicted molar refractivity (Wildman–Crippen MR) is 109 cm³/mol. The van der Waals surface area contributed by atoms with Gasteiger partial charge < -0.3 is 9.47 Å². The number of alkyl halides is 3. The van der Waals surface area contributed by atoms with Gasteiger partial charge in [0, 0.05) is 0 Å². The fourth-order valence-corrected chi connectivity index (χ4v) is 4.67. The highest BCUT2D eigenvalue weighted by molar-refractivity contribution is 7.86. The molecular weight excluding hydrogens is 433 g/mol. The zero-order chi connectivity index (χ0) is 22.5. The van der Waals surface area contributed by atoms with Crippen LogP contribution in [0.4, 0.5) is 13.2 Å². The molecule has 0 N–H and O–H groups in total. The SMILES string of the molecule is Cc1ccc(S(=O)(=O)OC2COC(C=CC=CC3CCC(C(F)(F)F)CC3)OC2)cc1. The van der Waals surface area contributed by atoms with Gasteiger partial charge in [0.2, 0.25) is 0 Å². The fraction of sp³-hybridized carbons (Fsp3) is 0.545. The van der Waals surface area contributed by atoms with Crippen LogP contribution in [-0.2, 0) is 23.8 Å². The largest absolute Gasteiger partial charge is 0.391 e. The van der Waals surface area contributed by atoms with Crippen LogP contribution in [0.1, 0.15) is 31.2 Å². The maximum atomic E-state index is 12.7. The third kappa shape index (κ3) is 7.17. The average molecular weight is 461 g/mol. The zero-order valence-corrected chi connectivity index (χ0v) is 18.1. The number of rotatable bonds is 6. The lowest BCUT2D eigenvalue weighted by Gasteiger charge is -2.28. The lowest BCUT2D eigenvalue weighted by Crippen LogP contribution is -2.37. The van der Waals surface area contributed by atoms with Gasteiger partial charge in [-0.2, -0.15) is 21.6 Å². The number of hydrogen-bond acceptors (Lipinski definition) is 5. The minimum Gasteiger partial charge on any atom is -0.346 e. The van der Waals surface area contributed by atoms with Crippen molar-refractivity contribution in [3.8, 4) is 0 Å². The van der Waals surface area contributed by atoms with Gasteiger partial charge in [0.25, 0.3) is 10.1 Å². The van der Waals surface area contributed by atoms with Crippen molar-refractivity contribution in [3.63, 3.8) is 0 Å². The normalized spacial score (nSPS) is 28.4. The van der Waals surface area contributed by atoms with Crippen molar-refractivity contribution in [1.82, 2.24) is 0 Å². The van der Waals surface area contributed by atoms with Crippen molar-refractivity contribution in [2.75, 3.05) is 13.2 Å². The van der Waals surface area contributed by atoms with Crippen LogP contribution in [0.5, 0.6) is 0 Å². The second-order valence-corrected chi connectivity index (χ2v) is 9.52.